The summed E-state index contributed by atoms with van der Waals surface area (Å²) in [6, 6.07) is 15.8. The molecule has 0 radical (unpaired) electrons. The molecule has 1 aliphatic carbocycles. The van der Waals surface area contributed by atoms with Crippen molar-refractivity contribution < 1.29 is 9.53 Å². The molecule has 1 heterocycles. The average Bonchev–Trinajstić information content (AvgIpc) is 3.32. The molecule has 1 amide bonds. The molecule has 1 fully saturated rings. The minimum Gasteiger partial charge on any atom is -0.494 e. The van der Waals surface area contributed by atoms with Crippen LogP contribution in [0.15, 0.2) is 48.5 Å². The highest BCUT2D eigenvalue weighted by Gasteiger charge is 2.51. The lowest BCUT2D eigenvalue weighted by atomic mass is 9.95. The fourth-order valence-electron chi connectivity index (χ4n) is 2.96. The third-order valence-corrected chi connectivity index (χ3v) is 5.34. The molecule has 4 nitrogen and oxygen atoms in total. The number of aromatic nitrogens is 1. The van der Waals surface area contributed by atoms with Crippen LogP contribution in [-0.2, 0) is 10.2 Å². The molecule has 4 rings (SSSR count). The monoisotopic (exact) mass is 338 g/mol. The molecule has 5 heteroatoms. The van der Waals surface area contributed by atoms with Crippen molar-refractivity contribution in [3.05, 3.63) is 54.1 Å². The van der Waals surface area contributed by atoms with Crippen LogP contribution in [0.2, 0.25) is 0 Å². The van der Waals surface area contributed by atoms with Crippen molar-refractivity contribution in [3.8, 4) is 5.75 Å². The summed E-state index contributed by atoms with van der Waals surface area (Å²) in [7, 11) is 0. The molecule has 0 unspecified atom stereocenters. The first kappa shape index (κ1) is 15.1. The minimum atomic E-state index is -0.379. The summed E-state index contributed by atoms with van der Waals surface area (Å²) in [5.74, 6) is 0.868. The van der Waals surface area contributed by atoms with Gasteiger partial charge in [0, 0.05) is 0 Å². The van der Waals surface area contributed by atoms with Gasteiger partial charge in [-0.3, -0.25) is 4.79 Å². The van der Waals surface area contributed by atoms with Crippen LogP contribution in [0.25, 0.3) is 10.2 Å². The highest BCUT2D eigenvalue weighted by Crippen LogP contribution is 2.49. The Balaban J connectivity index is 1.57. The van der Waals surface area contributed by atoms with E-state index in [1.165, 1.54) is 11.3 Å². The smallest absolute Gasteiger partial charge is 0.236 e. The van der Waals surface area contributed by atoms with Gasteiger partial charge >= 0.3 is 0 Å². The van der Waals surface area contributed by atoms with Crippen LogP contribution in [0.5, 0.6) is 5.75 Å². The number of nitrogens with zero attached hydrogens (tertiary/aromatic N) is 1. The highest BCUT2D eigenvalue weighted by atomic mass is 32.1. The van der Waals surface area contributed by atoms with Crippen LogP contribution < -0.4 is 10.1 Å². The Hall–Kier alpha value is -2.40. The fourth-order valence-corrected chi connectivity index (χ4v) is 3.85. The summed E-state index contributed by atoms with van der Waals surface area (Å²) >= 11 is 1.48. The lowest BCUT2D eigenvalue weighted by molar-refractivity contribution is -0.118. The molecular weight excluding hydrogens is 320 g/mol. The van der Waals surface area contributed by atoms with Gasteiger partial charge in [0.2, 0.25) is 5.91 Å². The lowest BCUT2D eigenvalue weighted by Gasteiger charge is -2.14. The van der Waals surface area contributed by atoms with Gasteiger partial charge in [-0.15, -0.1) is 0 Å². The second kappa shape index (κ2) is 5.91. The number of amides is 1. The maximum Gasteiger partial charge on any atom is 0.236 e. The third kappa shape index (κ3) is 2.65. The maximum absolute atomic E-state index is 12.8. The van der Waals surface area contributed by atoms with E-state index in [2.05, 4.69) is 10.3 Å². The fraction of sp³-hybridized carbons (Fsp3) is 0.263. The van der Waals surface area contributed by atoms with Crippen molar-refractivity contribution >= 4 is 32.6 Å². The Morgan fingerprint density at radius 1 is 1.25 bits per heavy atom. The van der Waals surface area contributed by atoms with Crippen molar-refractivity contribution in [1.82, 2.24) is 4.98 Å². The van der Waals surface area contributed by atoms with Crippen molar-refractivity contribution in [3.63, 3.8) is 0 Å². The predicted octanol–water partition coefficient (Wildman–Crippen LogP) is 4.37. The van der Waals surface area contributed by atoms with Crippen LogP contribution in [0, 0.1) is 0 Å². The number of hydrogen-bond donors (Lipinski definition) is 1. The van der Waals surface area contributed by atoms with Crippen LogP contribution in [0.1, 0.15) is 25.3 Å². The quantitative estimate of drug-likeness (QED) is 0.752. The van der Waals surface area contributed by atoms with Crippen molar-refractivity contribution in [2.45, 2.75) is 25.2 Å². The first-order valence-electron chi connectivity index (χ1n) is 8.12. The Kier molecular flexibility index (Phi) is 3.73. The Labute approximate surface area is 144 Å². The number of fused-ring (bicyclic) bond motifs is 1. The topological polar surface area (TPSA) is 51.2 Å². The standard InChI is InChI=1S/C19H18N2O2S/c1-2-23-14-8-9-15-16(12-14)24-18(20-15)21-17(22)19(10-11-19)13-6-4-3-5-7-13/h3-9,12H,2,10-11H2,1H3,(H,20,21,22). The normalized spacial score (nSPS) is 15.2. The SMILES string of the molecule is CCOc1ccc2nc(NC(=O)C3(c4ccccc4)CC3)sc2c1. The molecule has 0 spiro atoms. The molecule has 122 valence electrons. The zero-order chi connectivity index (χ0) is 16.6. The molecule has 0 atom stereocenters. The van der Waals surface area contributed by atoms with Crippen LogP contribution in [0.4, 0.5) is 5.13 Å². The molecule has 1 N–H and O–H groups in total. The number of thiazole rings is 1. The molecular formula is C19H18N2O2S. The molecule has 1 aromatic heterocycles. The van der Waals surface area contributed by atoms with Gasteiger partial charge in [0.1, 0.15) is 5.75 Å². The first-order valence-corrected chi connectivity index (χ1v) is 8.93. The number of rotatable bonds is 5. The molecule has 2 aromatic carbocycles. The Bertz CT molecular complexity index is 885. The van der Waals surface area contributed by atoms with Crippen LogP contribution in [-0.4, -0.2) is 17.5 Å². The number of hydrogen-bond acceptors (Lipinski definition) is 4. The number of ether oxygens (including phenoxy) is 1. The number of carbonyl (C=O) groups is 1. The minimum absolute atomic E-state index is 0.0396. The maximum atomic E-state index is 12.8. The van der Waals surface area contributed by atoms with Gasteiger partial charge in [-0.1, -0.05) is 41.7 Å². The van der Waals surface area contributed by atoms with E-state index in [4.69, 9.17) is 4.74 Å². The van der Waals surface area contributed by atoms with Gasteiger partial charge < -0.3 is 10.1 Å². The number of benzene rings is 2. The van der Waals surface area contributed by atoms with Gasteiger partial charge in [0.05, 0.1) is 22.2 Å². The van der Waals surface area contributed by atoms with E-state index in [0.717, 1.165) is 34.4 Å². The predicted molar refractivity (Wildman–Crippen MR) is 96.8 cm³/mol. The molecule has 1 saturated carbocycles. The van der Waals surface area contributed by atoms with Gasteiger partial charge in [0.25, 0.3) is 0 Å². The Morgan fingerprint density at radius 2 is 2.04 bits per heavy atom. The van der Waals surface area contributed by atoms with Gasteiger partial charge in [-0.2, -0.15) is 0 Å². The second-order valence-electron chi connectivity index (χ2n) is 5.98. The van der Waals surface area contributed by atoms with E-state index in [0.29, 0.717) is 11.7 Å². The molecule has 3 aromatic rings. The molecule has 0 saturated heterocycles. The summed E-state index contributed by atoms with van der Waals surface area (Å²) in [5, 5.41) is 3.66. The molecule has 1 aliphatic rings. The summed E-state index contributed by atoms with van der Waals surface area (Å²) in [6.07, 6.45) is 1.78. The Morgan fingerprint density at radius 3 is 2.75 bits per heavy atom. The van der Waals surface area contributed by atoms with Gasteiger partial charge in [-0.25, -0.2) is 4.98 Å². The van der Waals surface area contributed by atoms with Crippen molar-refractivity contribution in [1.29, 1.82) is 0 Å². The largest absolute Gasteiger partial charge is 0.494 e. The van der Waals surface area contributed by atoms with Crippen molar-refractivity contribution in [2.24, 2.45) is 0 Å². The molecule has 0 aliphatic heterocycles. The highest BCUT2D eigenvalue weighted by molar-refractivity contribution is 7.22. The second-order valence-corrected chi connectivity index (χ2v) is 7.01. The number of nitrogens with one attached hydrogen (secondary N) is 1. The number of carbonyl (C=O) groups excluding carboxylic acids is 1. The summed E-state index contributed by atoms with van der Waals surface area (Å²) in [5.41, 5.74) is 1.58. The first-order chi connectivity index (χ1) is 11.7. The molecule has 24 heavy (non-hydrogen) atoms. The number of anilines is 1. The van der Waals surface area contributed by atoms with E-state index in [-0.39, 0.29) is 11.3 Å². The van der Waals surface area contributed by atoms with Crippen LogP contribution >= 0.6 is 11.3 Å². The van der Waals surface area contributed by atoms with Gasteiger partial charge in [0.15, 0.2) is 5.13 Å². The summed E-state index contributed by atoms with van der Waals surface area (Å²) < 4.78 is 6.53. The zero-order valence-corrected chi connectivity index (χ0v) is 14.2. The van der Waals surface area contributed by atoms with Crippen LogP contribution in [0.3, 0.4) is 0 Å². The van der Waals surface area contributed by atoms with E-state index in [1.807, 2.05) is 55.5 Å². The molecule has 0 bridgehead atoms. The van der Waals surface area contributed by atoms with E-state index in [1.54, 1.807) is 0 Å². The van der Waals surface area contributed by atoms with E-state index in [9.17, 15) is 4.79 Å². The van der Waals surface area contributed by atoms with E-state index < -0.39 is 0 Å². The van der Waals surface area contributed by atoms with Gasteiger partial charge in [-0.05, 0) is 43.5 Å². The third-order valence-electron chi connectivity index (χ3n) is 4.40. The summed E-state index contributed by atoms with van der Waals surface area (Å²) in [4.78, 5) is 17.3. The average molecular weight is 338 g/mol. The summed E-state index contributed by atoms with van der Waals surface area (Å²) in [6.45, 7) is 2.59. The van der Waals surface area contributed by atoms with Crippen molar-refractivity contribution in [2.75, 3.05) is 11.9 Å². The van der Waals surface area contributed by atoms with E-state index >= 15 is 0 Å². The zero-order valence-electron chi connectivity index (χ0n) is 13.4. The lowest BCUT2D eigenvalue weighted by Crippen LogP contribution is -2.27.